The van der Waals surface area contributed by atoms with Crippen molar-refractivity contribution in [2.24, 2.45) is 28.6 Å². The molecule has 1 heterocycles. The molecule has 0 aromatic carbocycles. The third-order valence-electron chi connectivity index (χ3n) is 7.17. The van der Waals surface area contributed by atoms with Gasteiger partial charge in [-0.05, 0) is 55.8 Å². The Morgan fingerprint density at radius 3 is 2.25 bits per heavy atom. The van der Waals surface area contributed by atoms with Crippen molar-refractivity contribution in [2.75, 3.05) is 0 Å². The van der Waals surface area contributed by atoms with Crippen LogP contribution in [-0.4, -0.2) is 24.5 Å². The quantitative estimate of drug-likeness (QED) is 0.500. The molecule has 0 radical (unpaired) electrons. The summed E-state index contributed by atoms with van der Waals surface area (Å²) in [6, 6.07) is 0. The number of carbonyl (C=O) groups is 2. The van der Waals surface area contributed by atoms with E-state index in [2.05, 4.69) is 33.8 Å². The maximum atomic E-state index is 11.7. The number of esters is 2. The molecule has 6 atom stereocenters. The highest BCUT2D eigenvalue weighted by atomic mass is 16.8. The normalized spacial score (nSPS) is 41.4. The van der Waals surface area contributed by atoms with Gasteiger partial charge in [0.25, 0.3) is 0 Å². The van der Waals surface area contributed by atoms with Crippen LogP contribution >= 0.6 is 0 Å². The largest absolute Gasteiger partial charge is 0.435 e. The lowest BCUT2D eigenvalue weighted by Gasteiger charge is -2.51. The van der Waals surface area contributed by atoms with Gasteiger partial charge in [-0.25, -0.2) is 0 Å². The summed E-state index contributed by atoms with van der Waals surface area (Å²) >= 11 is 0. The summed E-state index contributed by atoms with van der Waals surface area (Å²) in [5.74, 6) is -0.294. The first-order chi connectivity index (χ1) is 13.1. The predicted molar refractivity (Wildman–Crippen MR) is 106 cm³/mol. The number of hydrogen-bond acceptors (Lipinski definition) is 5. The van der Waals surface area contributed by atoms with Crippen LogP contribution in [0.15, 0.2) is 11.6 Å². The Morgan fingerprint density at radius 1 is 1.04 bits per heavy atom. The van der Waals surface area contributed by atoms with E-state index in [0.717, 1.165) is 12.8 Å². The molecule has 5 heteroatoms. The van der Waals surface area contributed by atoms with Gasteiger partial charge in [-0.2, -0.15) is 0 Å². The molecule has 1 aliphatic heterocycles. The highest BCUT2D eigenvalue weighted by Crippen LogP contribution is 2.59. The van der Waals surface area contributed by atoms with Crippen molar-refractivity contribution in [3.05, 3.63) is 11.6 Å². The van der Waals surface area contributed by atoms with Crippen molar-refractivity contribution >= 4 is 11.9 Å². The molecule has 2 aliphatic carbocycles. The molecule has 3 rings (SSSR count). The number of rotatable bonds is 3. The Morgan fingerprint density at radius 2 is 1.68 bits per heavy atom. The van der Waals surface area contributed by atoms with Gasteiger partial charge >= 0.3 is 11.9 Å². The molecule has 0 spiro atoms. The fraction of sp³-hybridized carbons (Fsp3) is 0.826. The third kappa shape index (κ3) is 4.14. The minimum atomic E-state index is -0.680. The highest BCUT2D eigenvalue weighted by Gasteiger charge is 2.56. The number of fused-ring (bicyclic) bond motifs is 1. The zero-order valence-electron chi connectivity index (χ0n) is 18.2. The fourth-order valence-corrected chi connectivity index (χ4v) is 6.39. The van der Waals surface area contributed by atoms with Crippen LogP contribution in [0.2, 0.25) is 0 Å². The molecule has 28 heavy (non-hydrogen) atoms. The maximum Gasteiger partial charge on any atom is 0.304 e. The number of allylic oxidation sites excluding steroid dienone is 1. The summed E-state index contributed by atoms with van der Waals surface area (Å²) in [4.78, 5) is 23.3. The molecule has 0 aromatic rings. The number of carbonyl (C=O) groups excluding carboxylic acids is 2. The van der Waals surface area contributed by atoms with Gasteiger partial charge in [-0.1, -0.05) is 38.8 Å². The molecular formula is C23H36O5. The van der Waals surface area contributed by atoms with Gasteiger partial charge in [0.15, 0.2) is 0 Å². The number of hydrogen-bond donors (Lipinski definition) is 0. The minimum absolute atomic E-state index is 0.0379. The van der Waals surface area contributed by atoms with E-state index in [9.17, 15) is 9.59 Å². The van der Waals surface area contributed by atoms with Crippen molar-refractivity contribution in [1.29, 1.82) is 0 Å². The standard InChI is InChI=1S/C23H36O5/c1-7-16-18(23(6)12-8-11-22(4,5)13-23)10-9-17-19(16)21(27-15(3)25)28-20(17)26-14(2)24/h7,17-21H,8-13H2,1-6H3/b16-7+/t17-,18+,19+,20-,21+,23?/m1/s1. The summed E-state index contributed by atoms with van der Waals surface area (Å²) in [6.45, 7) is 12.1. The lowest BCUT2D eigenvalue weighted by atomic mass is 9.53. The first kappa shape index (κ1) is 21.4. The van der Waals surface area contributed by atoms with Gasteiger partial charge in [0.2, 0.25) is 12.6 Å². The van der Waals surface area contributed by atoms with E-state index in [1.165, 1.54) is 45.1 Å². The van der Waals surface area contributed by atoms with Crippen LogP contribution in [0.5, 0.6) is 0 Å². The van der Waals surface area contributed by atoms with Gasteiger partial charge in [0.1, 0.15) is 0 Å². The summed E-state index contributed by atoms with van der Waals surface area (Å²) in [5, 5.41) is 0. The lowest BCUT2D eigenvalue weighted by Crippen LogP contribution is -2.44. The predicted octanol–water partition coefficient (Wildman–Crippen LogP) is 4.99. The zero-order valence-corrected chi connectivity index (χ0v) is 18.2. The topological polar surface area (TPSA) is 61.8 Å². The Kier molecular flexibility index (Phi) is 5.96. The molecule has 0 aromatic heterocycles. The van der Waals surface area contributed by atoms with Crippen molar-refractivity contribution in [2.45, 2.75) is 92.6 Å². The molecular weight excluding hydrogens is 356 g/mol. The monoisotopic (exact) mass is 392 g/mol. The van der Waals surface area contributed by atoms with Gasteiger partial charge in [-0.15, -0.1) is 0 Å². The van der Waals surface area contributed by atoms with Crippen molar-refractivity contribution in [1.82, 2.24) is 0 Å². The van der Waals surface area contributed by atoms with Crippen LogP contribution in [0.1, 0.15) is 80.1 Å². The molecule has 3 aliphatic rings. The lowest BCUT2D eigenvalue weighted by molar-refractivity contribution is -0.213. The Balaban J connectivity index is 1.90. The van der Waals surface area contributed by atoms with E-state index in [1.807, 2.05) is 0 Å². The van der Waals surface area contributed by atoms with Crippen molar-refractivity contribution in [3.63, 3.8) is 0 Å². The molecule has 1 saturated heterocycles. The first-order valence-electron chi connectivity index (χ1n) is 10.7. The fourth-order valence-electron chi connectivity index (χ4n) is 6.39. The summed E-state index contributed by atoms with van der Waals surface area (Å²) in [6.07, 6.45) is 7.81. The van der Waals surface area contributed by atoms with Gasteiger partial charge < -0.3 is 14.2 Å². The molecule has 5 nitrogen and oxygen atoms in total. The summed E-state index contributed by atoms with van der Waals surface area (Å²) in [5.41, 5.74) is 1.90. The second kappa shape index (κ2) is 7.81. The highest BCUT2D eigenvalue weighted by molar-refractivity contribution is 5.66. The van der Waals surface area contributed by atoms with E-state index < -0.39 is 12.6 Å². The van der Waals surface area contributed by atoms with Crippen molar-refractivity contribution < 1.29 is 23.8 Å². The van der Waals surface area contributed by atoms with Crippen molar-refractivity contribution in [3.8, 4) is 0 Å². The van der Waals surface area contributed by atoms with Crippen LogP contribution in [0, 0.1) is 28.6 Å². The third-order valence-corrected chi connectivity index (χ3v) is 7.17. The Bertz CT molecular complexity index is 651. The van der Waals surface area contributed by atoms with Gasteiger partial charge in [0.05, 0.1) is 5.92 Å². The number of ether oxygens (including phenoxy) is 3. The second-order valence-corrected chi connectivity index (χ2v) is 10.0. The molecule has 0 amide bonds. The Hall–Kier alpha value is -1.36. The average molecular weight is 393 g/mol. The van der Waals surface area contributed by atoms with Crippen LogP contribution in [-0.2, 0) is 23.8 Å². The molecule has 3 fully saturated rings. The summed E-state index contributed by atoms with van der Waals surface area (Å²) in [7, 11) is 0. The summed E-state index contributed by atoms with van der Waals surface area (Å²) < 4.78 is 16.9. The van der Waals surface area contributed by atoms with Crippen LogP contribution in [0.25, 0.3) is 0 Å². The SMILES string of the molecule is C/C=C1/[C@@H]2[C@@H](OC(C)=O)O[C@@H](OC(C)=O)[C@@H]2CC[C@@H]1C1(C)CCCC(C)(C)C1. The average Bonchev–Trinajstić information content (AvgIpc) is 2.89. The van der Waals surface area contributed by atoms with Crippen LogP contribution < -0.4 is 0 Å². The molecule has 0 N–H and O–H groups in total. The minimum Gasteiger partial charge on any atom is -0.435 e. The van der Waals surface area contributed by atoms with Gasteiger partial charge in [-0.3, -0.25) is 9.59 Å². The van der Waals surface area contributed by atoms with E-state index >= 15 is 0 Å². The second-order valence-electron chi connectivity index (χ2n) is 10.0. The molecule has 158 valence electrons. The van der Waals surface area contributed by atoms with Crippen LogP contribution in [0.3, 0.4) is 0 Å². The van der Waals surface area contributed by atoms with Gasteiger partial charge in [0, 0.05) is 19.8 Å². The smallest absolute Gasteiger partial charge is 0.304 e. The molecule has 1 unspecified atom stereocenters. The molecule has 0 bridgehead atoms. The zero-order chi connectivity index (χ0) is 20.7. The van der Waals surface area contributed by atoms with E-state index in [0.29, 0.717) is 11.3 Å². The van der Waals surface area contributed by atoms with E-state index in [-0.39, 0.29) is 29.2 Å². The van der Waals surface area contributed by atoms with E-state index in [1.54, 1.807) is 0 Å². The van der Waals surface area contributed by atoms with Crippen LogP contribution in [0.4, 0.5) is 0 Å². The first-order valence-corrected chi connectivity index (χ1v) is 10.7. The molecule has 2 saturated carbocycles. The maximum absolute atomic E-state index is 11.7. The van der Waals surface area contributed by atoms with E-state index in [4.69, 9.17) is 14.2 Å². The Labute approximate surface area is 169 Å².